The Morgan fingerprint density at radius 3 is 2.52 bits per heavy atom. The summed E-state index contributed by atoms with van der Waals surface area (Å²) in [6.07, 6.45) is 0.949. The zero-order valence-corrected chi connectivity index (χ0v) is 14.7. The van der Waals surface area contributed by atoms with Crippen LogP contribution in [-0.4, -0.2) is 5.91 Å². The van der Waals surface area contributed by atoms with Crippen LogP contribution in [0.3, 0.4) is 0 Å². The number of nitrogens with one attached hydrogen (secondary N) is 1. The number of carbonyl (C=O) groups excluding carboxylic acids is 1. The minimum absolute atomic E-state index is 0.0854. The molecule has 1 unspecified atom stereocenters. The lowest BCUT2D eigenvalue weighted by atomic mass is 10.00. The molecular weight excluding hydrogens is 330 g/mol. The third-order valence-corrected chi connectivity index (χ3v) is 5.11. The number of amides is 1. The predicted molar refractivity (Wildman–Crippen MR) is 102 cm³/mol. The fraction of sp³-hybridized carbons (Fsp3) is 0.136. The molecule has 1 aliphatic rings. The minimum Gasteiger partial charge on any atom is -0.345 e. The smallest absolute Gasteiger partial charge is 0.253 e. The van der Waals surface area contributed by atoms with Crippen molar-refractivity contribution in [2.24, 2.45) is 0 Å². The zero-order valence-electron chi connectivity index (χ0n) is 13.9. The average molecular weight is 348 g/mol. The van der Waals surface area contributed by atoms with Crippen LogP contribution in [0.4, 0.5) is 0 Å². The van der Waals surface area contributed by atoms with E-state index in [2.05, 4.69) is 47.8 Å². The maximum absolute atomic E-state index is 12.5. The molecule has 3 aromatic rings. The van der Waals surface area contributed by atoms with E-state index in [1.807, 2.05) is 19.1 Å². The molecule has 0 bridgehead atoms. The zero-order chi connectivity index (χ0) is 17.4. The number of benzene rings is 3. The molecule has 3 aromatic carbocycles. The van der Waals surface area contributed by atoms with E-state index in [0.717, 1.165) is 12.0 Å². The molecule has 0 aliphatic heterocycles. The first-order valence-electron chi connectivity index (χ1n) is 8.40. The summed E-state index contributed by atoms with van der Waals surface area (Å²) in [6.45, 7) is 2.00. The molecule has 0 heterocycles. The Labute approximate surface area is 152 Å². The Hall–Kier alpha value is -2.58. The summed E-state index contributed by atoms with van der Waals surface area (Å²) < 4.78 is 0. The highest BCUT2D eigenvalue weighted by molar-refractivity contribution is 6.33. The molecule has 0 spiro atoms. The van der Waals surface area contributed by atoms with E-state index in [1.54, 1.807) is 12.1 Å². The molecule has 0 fully saturated rings. The van der Waals surface area contributed by atoms with Crippen molar-refractivity contribution in [1.82, 2.24) is 5.32 Å². The molecule has 1 atom stereocenters. The second kappa shape index (κ2) is 6.38. The quantitative estimate of drug-likeness (QED) is 0.528. The highest BCUT2D eigenvalue weighted by Crippen LogP contribution is 2.37. The monoisotopic (exact) mass is 347 g/mol. The molecule has 0 radical (unpaired) electrons. The summed E-state index contributed by atoms with van der Waals surface area (Å²) in [7, 11) is 0. The van der Waals surface area contributed by atoms with Gasteiger partial charge in [0.1, 0.15) is 0 Å². The van der Waals surface area contributed by atoms with Crippen molar-refractivity contribution in [3.8, 4) is 11.1 Å². The maximum atomic E-state index is 12.5. The molecule has 1 N–H and O–H groups in total. The fourth-order valence-corrected chi connectivity index (χ4v) is 3.66. The SMILES string of the molecule is CC(NC(=O)c1ccccc1Cl)c1ccc2c(c1)Cc1ccccc1-2. The molecular formula is C22H18ClNO. The first-order valence-corrected chi connectivity index (χ1v) is 8.78. The topological polar surface area (TPSA) is 29.1 Å². The fourth-order valence-electron chi connectivity index (χ4n) is 3.44. The van der Waals surface area contributed by atoms with E-state index < -0.39 is 0 Å². The van der Waals surface area contributed by atoms with Gasteiger partial charge < -0.3 is 5.32 Å². The Morgan fingerprint density at radius 1 is 0.960 bits per heavy atom. The number of fused-ring (bicyclic) bond motifs is 3. The second-order valence-corrected chi connectivity index (χ2v) is 6.83. The predicted octanol–water partition coefficient (Wildman–Crippen LogP) is 5.40. The third-order valence-electron chi connectivity index (χ3n) is 4.78. The minimum atomic E-state index is -0.151. The van der Waals surface area contributed by atoms with Crippen LogP contribution in [0.15, 0.2) is 66.7 Å². The number of hydrogen-bond donors (Lipinski definition) is 1. The van der Waals surface area contributed by atoms with Crippen LogP contribution in [0.1, 0.15) is 40.0 Å². The lowest BCUT2D eigenvalue weighted by Crippen LogP contribution is -2.26. The summed E-state index contributed by atoms with van der Waals surface area (Å²) >= 11 is 6.12. The number of hydrogen-bond acceptors (Lipinski definition) is 1. The van der Waals surface area contributed by atoms with Crippen molar-refractivity contribution in [1.29, 1.82) is 0 Å². The molecule has 1 aliphatic carbocycles. The van der Waals surface area contributed by atoms with E-state index in [1.165, 1.54) is 22.3 Å². The molecule has 0 aromatic heterocycles. The Morgan fingerprint density at radius 2 is 1.68 bits per heavy atom. The average Bonchev–Trinajstić information content (AvgIpc) is 2.99. The van der Waals surface area contributed by atoms with E-state index in [4.69, 9.17) is 11.6 Å². The van der Waals surface area contributed by atoms with Gasteiger partial charge in [0.25, 0.3) is 5.91 Å². The summed E-state index contributed by atoms with van der Waals surface area (Å²) in [5, 5.41) is 3.51. The van der Waals surface area contributed by atoms with Gasteiger partial charge in [0, 0.05) is 0 Å². The highest BCUT2D eigenvalue weighted by atomic mass is 35.5. The van der Waals surface area contributed by atoms with Crippen LogP contribution in [-0.2, 0) is 6.42 Å². The molecule has 25 heavy (non-hydrogen) atoms. The molecule has 3 heteroatoms. The molecule has 124 valence electrons. The number of rotatable bonds is 3. The van der Waals surface area contributed by atoms with Gasteiger partial charge in [-0.1, -0.05) is 66.2 Å². The lowest BCUT2D eigenvalue weighted by Gasteiger charge is -2.16. The Bertz CT molecular complexity index is 964. The summed E-state index contributed by atoms with van der Waals surface area (Å²) in [5.74, 6) is -0.151. The van der Waals surface area contributed by atoms with E-state index >= 15 is 0 Å². The van der Waals surface area contributed by atoms with Crippen LogP contribution in [0, 0.1) is 0 Å². The third kappa shape index (κ3) is 2.94. The van der Waals surface area contributed by atoms with E-state index in [-0.39, 0.29) is 11.9 Å². The Balaban J connectivity index is 1.56. The van der Waals surface area contributed by atoms with Crippen molar-refractivity contribution in [2.75, 3.05) is 0 Å². The van der Waals surface area contributed by atoms with Gasteiger partial charge in [-0.05, 0) is 53.3 Å². The molecule has 2 nitrogen and oxygen atoms in total. The molecule has 0 saturated heterocycles. The second-order valence-electron chi connectivity index (χ2n) is 6.43. The van der Waals surface area contributed by atoms with Gasteiger partial charge >= 0.3 is 0 Å². The van der Waals surface area contributed by atoms with Gasteiger partial charge in [-0.15, -0.1) is 0 Å². The first-order chi connectivity index (χ1) is 12.1. The lowest BCUT2D eigenvalue weighted by molar-refractivity contribution is 0.0940. The molecule has 4 rings (SSSR count). The maximum Gasteiger partial charge on any atom is 0.253 e. The first kappa shape index (κ1) is 15.9. The van der Waals surface area contributed by atoms with Crippen LogP contribution in [0.2, 0.25) is 5.02 Å². The van der Waals surface area contributed by atoms with Crippen LogP contribution in [0.5, 0.6) is 0 Å². The van der Waals surface area contributed by atoms with Gasteiger partial charge in [-0.2, -0.15) is 0 Å². The van der Waals surface area contributed by atoms with Gasteiger partial charge in [0.2, 0.25) is 0 Å². The summed E-state index contributed by atoms with van der Waals surface area (Å²) in [6, 6.07) is 22.0. The van der Waals surface area contributed by atoms with Crippen molar-refractivity contribution in [2.45, 2.75) is 19.4 Å². The van der Waals surface area contributed by atoms with Gasteiger partial charge in [-0.25, -0.2) is 0 Å². The molecule has 0 saturated carbocycles. The molecule has 1 amide bonds. The highest BCUT2D eigenvalue weighted by Gasteiger charge is 2.20. The largest absolute Gasteiger partial charge is 0.345 e. The van der Waals surface area contributed by atoms with Crippen molar-refractivity contribution in [3.05, 3.63) is 94.0 Å². The summed E-state index contributed by atoms with van der Waals surface area (Å²) in [5.41, 5.74) is 6.90. The van der Waals surface area contributed by atoms with Crippen molar-refractivity contribution >= 4 is 17.5 Å². The standard InChI is InChI=1S/C22H18ClNO/c1-14(24-22(25)20-8-4-5-9-21(20)23)15-10-11-19-17(12-15)13-16-6-2-3-7-18(16)19/h2-12,14H,13H2,1H3,(H,24,25). The van der Waals surface area contributed by atoms with Crippen molar-refractivity contribution in [3.63, 3.8) is 0 Å². The van der Waals surface area contributed by atoms with Crippen LogP contribution < -0.4 is 5.32 Å². The number of carbonyl (C=O) groups is 1. The van der Waals surface area contributed by atoms with Crippen LogP contribution >= 0.6 is 11.6 Å². The Kier molecular flexibility index (Phi) is 4.06. The van der Waals surface area contributed by atoms with Gasteiger partial charge in [0.05, 0.1) is 16.6 Å². The van der Waals surface area contributed by atoms with Gasteiger partial charge in [0.15, 0.2) is 0 Å². The number of halogens is 1. The van der Waals surface area contributed by atoms with E-state index in [9.17, 15) is 4.79 Å². The summed E-state index contributed by atoms with van der Waals surface area (Å²) in [4.78, 5) is 12.5. The van der Waals surface area contributed by atoms with Crippen LogP contribution in [0.25, 0.3) is 11.1 Å². The van der Waals surface area contributed by atoms with E-state index in [0.29, 0.717) is 10.6 Å². The van der Waals surface area contributed by atoms with Crippen molar-refractivity contribution < 1.29 is 4.79 Å². The van der Waals surface area contributed by atoms with Gasteiger partial charge in [-0.3, -0.25) is 4.79 Å². The normalized spacial score (nSPS) is 13.0.